The molecule has 5 nitrogen and oxygen atoms in total. The van der Waals surface area contributed by atoms with Crippen LogP contribution in [-0.2, 0) is 9.53 Å². The summed E-state index contributed by atoms with van der Waals surface area (Å²) in [5.41, 5.74) is -0.141. The summed E-state index contributed by atoms with van der Waals surface area (Å²) in [6.45, 7) is 6.28. The van der Waals surface area contributed by atoms with Crippen molar-refractivity contribution in [2.75, 3.05) is 18.4 Å². The zero-order valence-electron chi connectivity index (χ0n) is 14.1. The van der Waals surface area contributed by atoms with E-state index in [1.54, 1.807) is 25.7 Å². The van der Waals surface area contributed by atoms with E-state index in [9.17, 15) is 14.0 Å². The first kappa shape index (κ1) is 18.5. The summed E-state index contributed by atoms with van der Waals surface area (Å²) in [5, 5.41) is 2.67. The first-order valence-electron chi connectivity index (χ1n) is 7.89. The smallest absolute Gasteiger partial charge is 0.410 e. The van der Waals surface area contributed by atoms with Crippen molar-refractivity contribution in [3.8, 4) is 0 Å². The van der Waals surface area contributed by atoms with Gasteiger partial charge in [0.25, 0.3) is 0 Å². The predicted octanol–water partition coefficient (Wildman–Crippen LogP) is 4.06. The fourth-order valence-electron chi connectivity index (χ4n) is 2.50. The fourth-order valence-corrected chi connectivity index (χ4v) is 2.68. The number of ether oxygens (including phenoxy) is 1. The summed E-state index contributed by atoms with van der Waals surface area (Å²) in [6, 6.07) is 4.02. The Labute approximate surface area is 146 Å². The molecule has 132 valence electrons. The van der Waals surface area contributed by atoms with Crippen molar-refractivity contribution in [2.24, 2.45) is 5.92 Å². The molecule has 0 aromatic heterocycles. The lowest BCUT2D eigenvalue weighted by Gasteiger charge is -2.33. The lowest BCUT2D eigenvalue weighted by molar-refractivity contribution is -0.121. The minimum atomic E-state index is -0.572. The monoisotopic (exact) mass is 356 g/mol. The molecule has 1 fully saturated rings. The van der Waals surface area contributed by atoms with Gasteiger partial charge in [-0.1, -0.05) is 11.6 Å². The maximum Gasteiger partial charge on any atom is 0.410 e. The molecule has 1 heterocycles. The van der Waals surface area contributed by atoms with E-state index in [1.807, 2.05) is 0 Å². The number of rotatable bonds is 2. The molecule has 0 bridgehead atoms. The van der Waals surface area contributed by atoms with Crippen LogP contribution in [-0.4, -0.2) is 35.6 Å². The summed E-state index contributed by atoms with van der Waals surface area (Å²) >= 11 is 5.71. The molecular formula is C17H22ClFN2O3. The van der Waals surface area contributed by atoms with Gasteiger partial charge in [0, 0.05) is 18.8 Å². The summed E-state index contributed by atoms with van der Waals surface area (Å²) < 4.78 is 18.5. The number of likely N-dealkylation sites (tertiary alicyclic amines) is 1. The number of carbonyl (C=O) groups is 2. The van der Waals surface area contributed by atoms with Crippen LogP contribution in [0.4, 0.5) is 14.9 Å². The molecule has 7 heteroatoms. The zero-order chi connectivity index (χ0) is 17.9. The molecule has 1 unspecified atom stereocenters. The second-order valence-corrected chi connectivity index (χ2v) is 7.29. The van der Waals surface area contributed by atoms with Gasteiger partial charge >= 0.3 is 6.09 Å². The average molecular weight is 357 g/mol. The Morgan fingerprint density at radius 3 is 2.71 bits per heavy atom. The predicted molar refractivity (Wildman–Crippen MR) is 90.6 cm³/mol. The first-order valence-corrected chi connectivity index (χ1v) is 8.27. The Balaban J connectivity index is 1.97. The highest BCUT2D eigenvalue weighted by molar-refractivity contribution is 6.31. The van der Waals surface area contributed by atoms with Crippen molar-refractivity contribution in [2.45, 2.75) is 39.2 Å². The molecule has 1 aromatic carbocycles. The highest BCUT2D eigenvalue weighted by Gasteiger charge is 2.31. The summed E-state index contributed by atoms with van der Waals surface area (Å²) in [6.07, 6.45) is 0.992. The molecule has 1 N–H and O–H groups in total. The van der Waals surface area contributed by atoms with Crippen LogP contribution in [0.3, 0.4) is 0 Å². The minimum Gasteiger partial charge on any atom is -0.444 e. The van der Waals surface area contributed by atoms with Crippen molar-refractivity contribution in [3.63, 3.8) is 0 Å². The number of amides is 2. The highest BCUT2D eigenvalue weighted by atomic mass is 35.5. The molecule has 1 atom stereocenters. The highest BCUT2D eigenvalue weighted by Crippen LogP contribution is 2.23. The van der Waals surface area contributed by atoms with Crippen LogP contribution in [0.5, 0.6) is 0 Å². The van der Waals surface area contributed by atoms with E-state index in [4.69, 9.17) is 16.3 Å². The van der Waals surface area contributed by atoms with Gasteiger partial charge in [0.15, 0.2) is 0 Å². The van der Waals surface area contributed by atoms with Crippen LogP contribution < -0.4 is 5.32 Å². The van der Waals surface area contributed by atoms with Crippen LogP contribution in [0.2, 0.25) is 5.02 Å². The normalized spacial score (nSPS) is 18.2. The van der Waals surface area contributed by atoms with Crippen molar-refractivity contribution < 1.29 is 18.7 Å². The van der Waals surface area contributed by atoms with E-state index in [-0.39, 0.29) is 16.8 Å². The van der Waals surface area contributed by atoms with E-state index in [0.29, 0.717) is 25.2 Å². The van der Waals surface area contributed by atoms with Gasteiger partial charge in [-0.25, -0.2) is 9.18 Å². The number of nitrogens with zero attached hydrogens (tertiary/aromatic N) is 1. The third-order valence-corrected chi connectivity index (χ3v) is 3.92. The Kier molecular flexibility index (Phi) is 5.70. The Morgan fingerprint density at radius 2 is 2.08 bits per heavy atom. The standard InChI is InChI=1S/C17H22ClFN2O3/c1-17(2,3)24-16(23)21-8-4-5-11(10-21)15(22)20-12-6-7-14(19)13(18)9-12/h6-7,9,11H,4-5,8,10H2,1-3H3,(H,20,22). The van der Waals surface area contributed by atoms with E-state index in [1.165, 1.54) is 18.2 Å². The number of halogens is 2. The van der Waals surface area contributed by atoms with Gasteiger partial charge in [-0.2, -0.15) is 0 Å². The van der Waals surface area contributed by atoms with E-state index < -0.39 is 17.5 Å². The number of hydrogen-bond acceptors (Lipinski definition) is 3. The largest absolute Gasteiger partial charge is 0.444 e. The Hall–Kier alpha value is -1.82. The number of carbonyl (C=O) groups excluding carboxylic acids is 2. The van der Waals surface area contributed by atoms with Crippen LogP contribution in [0, 0.1) is 11.7 Å². The molecule has 0 saturated carbocycles. The quantitative estimate of drug-likeness (QED) is 0.869. The van der Waals surface area contributed by atoms with Gasteiger partial charge in [-0.15, -0.1) is 0 Å². The van der Waals surface area contributed by atoms with Gasteiger partial charge < -0.3 is 15.0 Å². The van der Waals surface area contributed by atoms with E-state index in [2.05, 4.69) is 5.32 Å². The average Bonchev–Trinajstić information content (AvgIpc) is 2.49. The van der Waals surface area contributed by atoms with Crippen LogP contribution in [0.1, 0.15) is 33.6 Å². The number of hydrogen-bond donors (Lipinski definition) is 1. The lowest BCUT2D eigenvalue weighted by atomic mass is 9.97. The summed E-state index contributed by atoms with van der Waals surface area (Å²) in [5.74, 6) is -1.09. The minimum absolute atomic E-state index is 0.0492. The third-order valence-electron chi connectivity index (χ3n) is 3.63. The van der Waals surface area contributed by atoms with Gasteiger partial charge in [-0.3, -0.25) is 4.79 Å². The fraction of sp³-hybridized carbons (Fsp3) is 0.529. The van der Waals surface area contributed by atoms with Gasteiger partial charge in [0.05, 0.1) is 10.9 Å². The molecule has 0 radical (unpaired) electrons. The lowest BCUT2D eigenvalue weighted by Crippen LogP contribution is -2.45. The molecule has 2 rings (SSSR count). The topological polar surface area (TPSA) is 58.6 Å². The molecule has 1 saturated heterocycles. The SMILES string of the molecule is CC(C)(C)OC(=O)N1CCCC(C(=O)Nc2ccc(F)c(Cl)c2)C1. The second-order valence-electron chi connectivity index (χ2n) is 6.88. The molecule has 0 aliphatic carbocycles. The van der Waals surface area contributed by atoms with Crippen molar-refractivity contribution in [1.82, 2.24) is 4.90 Å². The number of benzene rings is 1. The molecule has 1 aliphatic heterocycles. The molecule has 24 heavy (non-hydrogen) atoms. The van der Waals surface area contributed by atoms with Crippen LogP contribution in [0.15, 0.2) is 18.2 Å². The number of anilines is 1. The Bertz CT molecular complexity index is 631. The molecule has 0 spiro atoms. The van der Waals surface area contributed by atoms with Crippen LogP contribution >= 0.6 is 11.6 Å². The molecule has 1 aliphatic rings. The van der Waals surface area contributed by atoms with E-state index in [0.717, 1.165) is 6.42 Å². The van der Waals surface area contributed by atoms with Gasteiger partial charge in [0.1, 0.15) is 11.4 Å². The van der Waals surface area contributed by atoms with Crippen molar-refractivity contribution in [1.29, 1.82) is 0 Å². The Morgan fingerprint density at radius 1 is 1.38 bits per heavy atom. The van der Waals surface area contributed by atoms with Crippen molar-refractivity contribution >= 4 is 29.3 Å². The van der Waals surface area contributed by atoms with Gasteiger partial charge in [-0.05, 0) is 51.8 Å². The van der Waals surface area contributed by atoms with Gasteiger partial charge in [0.2, 0.25) is 5.91 Å². The van der Waals surface area contributed by atoms with E-state index >= 15 is 0 Å². The second kappa shape index (κ2) is 7.38. The zero-order valence-corrected chi connectivity index (χ0v) is 14.8. The molecule has 1 aromatic rings. The third kappa shape index (κ3) is 5.09. The number of nitrogens with one attached hydrogen (secondary N) is 1. The summed E-state index contributed by atoms with van der Waals surface area (Å²) in [7, 11) is 0. The molecule has 2 amide bonds. The molecular weight excluding hydrogens is 335 g/mol. The first-order chi connectivity index (χ1) is 11.2. The summed E-state index contributed by atoms with van der Waals surface area (Å²) in [4.78, 5) is 26.1. The maximum atomic E-state index is 13.2. The van der Waals surface area contributed by atoms with Crippen LogP contribution in [0.25, 0.3) is 0 Å². The van der Waals surface area contributed by atoms with Crippen molar-refractivity contribution in [3.05, 3.63) is 29.0 Å². The maximum absolute atomic E-state index is 13.2. The number of piperidine rings is 1.